The van der Waals surface area contributed by atoms with Crippen LogP contribution in [-0.4, -0.2) is 42.3 Å². The van der Waals surface area contributed by atoms with Gasteiger partial charge in [0.25, 0.3) is 5.89 Å². The Bertz CT molecular complexity index is 359. The predicted molar refractivity (Wildman–Crippen MR) is 72.1 cm³/mol. The van der Waals surface area contributed by atoms with Crippen molar-refractivity contribution in [2.45, 2.75) is 26.9 Å². The van der Waals surface area contributed by atoms with E-state index in [2.05, 4.69) is 27.7 Å². The van der Waals surface area contributed by atoms with E-state index in [0.717, 1.165) is 19.5 Å². The highest BCUT2D eigenvalue weighted by molar-refractivity contribution is 5.85. The molecule has 0 saturated heterocycles. The third-order valence-electron chi connectivity index (χ3n) is 2.08. The predicted octanol–water partition coefficient (Wildman–Crippen LogP) is 0.432. The number of rotatable bonds is 9. The Hall–Kier alpha value is -1.18. The zero-order chi connectivity index (χ0) is 13.2. The zero-order valence-electron chi connectivity index (χ0n) is 11.3. The molecule has 2 N–H and O–H groups in total. The van der Waals surface area contributed by atoms with Crippen molar-refractivity contribution >= 4 is 18.3 Å². The normalized spacial score (nSPS) is 10.0. The number of halogens is 1. The molecule has 0 atom stereocenters. The van der Waals surface area contributed by atoms with Crippen LogP contribution in [0.2, 0.25) is 0 Å². The van der Waals surface area contributed by atoms with Gasteiger partial charge < -0.3 is 19.9 Å². The number of nitrogens with zero attached hydrogens (tertiary/aromatic N) is 2. The maximum absolute atomic E-state index is 11.3. The molecule has 0 saturated carbocycles. The summed E-state index contributed by atoms with van der Waals surface area (Å²) >= 11 is 0. The Morgan fingerprint density at radius 1 is 1.37 bits per heavy atom. The summed E-state index contributed by atoms with van der Waals surface area (Å²) in [5.74, 6) is 0.787. The molecular weight excluding hydrogens is 272 g/mol. The molecule has 0 radical (unpaired) electrons. The molecule has 1 aromatic heterocycles. The number of aryl methyl sites for hydroxylation is 1. The van der Waals surface area contributed by atoms with Crippen LogP contribution in [0.25, 0.3) is 0 Å². The van der Waals surface area contributed by atoms with Crippen molar-refractivity contribution in [2.75, 3.05) is 26.2 Å². The SMILES string of the molecule is CCCNCCNC(=O)COCc1nc(C)no1.Cl. The quantitative estimate of drug-likeness (QED) is 0.642. The summed E-state index contributed by atoms with van der Waals surface area (Å²) in [6.07, 6.45) is 1.08. The van der Waals surface area contributed by atoms with Gasteiger partial charge in [-0.25, -0.2) is 0 Å². The molecule has 1 aromatic rings. The molecular formula is C11H21ClN4O3. The molecule has 0 aromatic carbocycles. The highest BCUT2D eigenvalue weighted by atomic mass is 35.5. The second-order valence-corrected chi connectivity index (χ2v) is 3.83. The summed E-state index contributed by atoms with van der Waals surface area (Å²) in [4.78, 5) is 15.3. The van der Waals surface area contributed by atoms with Crippen LogP contribution in [0.1, 0.15) is 25.1 Å². The third-order valence-corrected chi connectivity index (χ3v) is 2.08. The molecule has 8 heteroatoms. The van der Waals surface area contributed by atoms with E-state index in [9.17, 15) is 4.79 Å². The summed E-state index contributed by atoms with van der Waals surface area (Å²) in [5, 5.41) is 9.54. The Labute approximate surface area is 118 Å². The second-order valence-electron chi connectivity index (χ2n) is 3.83. The fourth-order valence-electron chi connectivity index (χ4n) is 1.27. The number of carbonyl (C=O) groups is 1. The number of amides is 1. The molecule has 0 aliphatic heterocycles. The van der Waals surface area contributed by atoms with Crippen LogP contribution >= 0.6 is 12.4 Å². The Morgan fingerprint density at radius 3 is 2.79 bits per heavy atom. The maximum Gasteiger partial charge on any atom is 0.252 e. The van der Waals surface area contributed by atoms with Crippen molar-refractivity contribution in [3.8, 4) is 0 Å². The molecule has 1 heterocycles. The van der Waals surface area contributed by atoms with Crippen LogP contribution < -0.4 is 10.6 Å². The van der Waals surface area contributed by atoms with Gasteiger partial charge in [0, 0.05) is 13.1 Å². The molecule has 0 aliphatic rings. The summed E-state index contributed by atoms with van der Waals surface area (Å²) in [5.41, 5.74) is 0. The molecule has 0 unspecified atom stereocenters. The lowest BCUT2D eigenvalue weighted by molar-refractivity contribution is -0.126. The highest BCUT2D eigenvalue weighted by Gasteiger charge is 2.05. The molecule has 0 aliphatic carbocycles. The van der Waals surface area contributed by atoms with E-state index in [1.54, 1.807) is 6.92 Å². The molecule has 1 amide bonds. The molecule has 1 rings (SSSR count). The number of nitrogens with one attached hydrogen (secondary N) is 2. The van der Waals surface area contributed by atoms with Crippen molar-refractivity contribution in [1.82, 2.24) is 20.8 Å². The van der Waals surface area contributed by atoms with Crippen molar-refractivity contribution in [3.05, 3.63) is 11.7 Å². The number of hydrogen-bond acceptors (Lipinski definition) is 6. The summed E-state index contributed by atoms with van der Waals surface area (Å²) < 4.78 is 9.99. The van der Waals surface area contributed by atoms with Gasteiger partial charge in [0.1, 0.15) is 13.2 Å². The van der Waals surface area contributed by atoms with E-state index in [0.29, 0.717) is 18.3 Å². The fourth-order valence-corrected chi connectivity index (χ4v) is 1.27. The summed E-state index contributed by atoms with van der Waals surface area (Å²) in [6.45, 7) is 6.30. The molecule has 19 heavy (non-hydrogen) atoms. The minimum atomic E-state index is -0.149. The number of aromatic nitrogens is 2. The molecule has 110 valence electrons. The monoisotopic (exact) mass is 292 g/mol. The lowest BCUT2D eigenvalue weighted by Crippen LogP contribution is -2.34. The van der Waals surface area contributed by atoms with Crippen LogP contribution in [0.3, 0.4) is 0 Å². The molecule has 7 nitrogen and oxygen atoms in total. The van der Waals surface area contributed by atoms with E-state index in [-0.39, 0.29) is 31.5 Å². The highest BCUT2D eigenvalue weighted by Crippen LogP contribution is 1.97. The van der Waals surface area contributed by atoms with E-state index in [1.165, 1.54) is 0 Å². The van der Waals surface area contributed by atoms with Crippen LogP contribution in [0, 0.1) is 6.92 Å². The van der Waals surface area contributed by atoms with Crippen molar-refractivity contribution < 1.29 is 14.1 Å². The fraction of sp³-hybridized carbons (Fsp3) is 0.727. The van der Waals surface area contributed by atoms with Gasteiger partial charge in [-0.3, -0.25) is 4.79 Å². The van der Waals surface area contributed by atoms with Gasteiger partial charge in [0.05, 0.1) is 0 Å². The van der Waals surface area contributed by atoms with Crippen LogP contribution in [0.5, 0.6) is 0 Å². The number of hydrogen-bond donors (Lipinski definition) is 2. The van der Waals surface area contributed by atoms with E-state index < -0.39 is 0 Å². The topological polar surface area (TPSA) is 89.3 Å². The first kappa shape index (κ1) is 17.8. The van der Waals surface area contributed by atoms with Crippen LogP contribution in [0.4, 0.5) is 0 Å². The van der Waals surface area contributed by atoms with Gasteiger partial charge in [0.15, 0.2) is 5.82 Å². The van der Waals surface area contributed by atoms with E-state index >= 15 is 0 Å². The second kappa shape index (κ2) is 10.7. The average Bonchev–Trinajstić information content (AvgIpc) is 2.75. The first-order chi connectivity index (χ1) is 8.72. The molecule has 0 bridgehead atoms. The van der Waals surface area contributed by atoms with Crippen molar-refractivity contribution in [1.29, 1.82) is 0 Å². The Balaban J connectivity index is 0.00000324. The van der Waals surface area contributed by atoms with E-state index in [4.69, 9.17) is 9.26 Å². The van der Waals surface area contributed by atoms with Gasteiger partial charge in [-0.2, -0.15) is 4.98 Å². The number of ether oxygens (including phenoxy) is 1. The van der Waals surface area contributed by atoms with Crippen molar-refractivity contribution in [2.24, 2.45) is 0 Å². The van der Waals surface area contributed by atoms with Gasteiger partial charge in [-0.15, -0.1) is 12.4 Å². The zero-order valence-corrected chi connectivity index (χ0v) is 12.1. The number of carbonyl (C=O) groups excluding carboxylic acids is 1. The van der Waals surface area contributed by atoms with Gasteiger partial charge in [0.2, 0.25) is 5.91 Å². The lowest BCUT2D eigenvalue weighted by Gasteiger charge is -2.05. The van der Waals surface area contributed by atoms with Crippen LogP contribution in [0.15, 0.2) is 4.52 Å². The smallest absolute Gasteiger partial charge is 0.252 e. The average molecular weight is 293 g/mol. The minimum absolute atomic E-state index is 0. The van der Waals surface area contributed by atoms with Gasteiger partial charge >= 0.3 is 0 Å². The maximum atomic E-state index is 11.3. The van der Waals surface area contributed by atoms with Crippen molar-refractivity contribution in [3.63, 3.8) is 0 Å². The standard InChI is InChI=1S/C11H20N4O3.ClH/c1-3-4-12-5-6-13-10(16)7-17-8-11-14-9(2)15-18-11;/h12H,3-8H2,1-2H3,(H,13,16);1H. The first-order valence-corrected chi connectivity index (χ1v) is 6.06. The third kappa shape index (κ3) is 8.52. The van der Waals surface area contributed by atoms with Crippen LogP contribution in [-0.2, 0) is 16.1 Å². The van der Waals surface area contributed by atoms with Gasteiger partial charge in [-0.1, -0.05) is 12.1 Å². The Morgan fingerprint density at radius 2 is 2.16 bits per heavy atom. The lowest BCUT2D eigenvalue weighted by atomic mass is 10.4. The van der Waals surface area contributed by atoms with E-state index in [1.807, 2.05) is 0 Å². The molecule has 0 fully saturated rings. The van der Waals surface area contributed by atoms with Gasteiger partial charge in [-0.05, 0) is 19.9 Å². The summed E-state index contributed by atoms with van der Waals surface area (Å²) in [6, 6.07) is 0. The molecule has 0 spiro atoms. The first-order valence-electron chi connectivity index (χ1n) is 6.06. The largest absolute Gasteiger partial charge is 0.362 e. The summed E-state index contributed by atoms with van der Waals surface area (Å²) in [7, 11) is 0. The minimum Gasteiger partial charge on any atom is -0.362 e. The Kier molecular flexibility index (Phi) is 10.1.